The fourth-order valence-electron chi connectivity index (χ4n) is 8.20. The van der Waals surface area contributed by atoms with E-state index in [9.17, 15) is 20.1 Å². The zero-order valence-electron chi connectivity index (χ0n) is 39.2. The highest BCUT2D eigenvalue weighted by molar-refractivity contribution is 5.80. The Kier molecular flexibility index (Phi) is 47.5. The standard InChI is InChI=1S/C53H103NO4/c1-3-5-7-9-11-13-15-17-19-21-23-25-27-29-31-33-35-37-39-41-43-45-47-51(56)50(49-55)54-53(58)52(57)48-46-44-42-40-38-36-34-32-30-28-26-24-22-20-18-16-14-12-10-8-6-4-2/h37,39,45,47,50-52,55-57H,3-36,38,40-44,46,48-49H2,1-2H3,(H,54,58)/b39-37+,47-45+. The summed E-state index contributed by atoms with van der Waals surface area (Å²) in [5, 5.41) is 33.3. The Hall–Kier alpha value is -1.17. The molecule has 0 fully saturated rings. The third kappa shape index (κ3) is 42.9. The van der Waals surface area contributed by atoms with E-state index in [1.54, 1.807) is 6.08 Å². The Morgan fingerprint density at radius 1 is 0.414 bits per heavy atom. The maximum atomic E-state index is 12.5. The van der Waals surface area contributed by atoms with Crippen molar-refractivity contribution in [3.8, 4) is 0 Å². The maximum absolute atomic E-state index is 12.5. The van der Waals surface area contributed by atoms with Crippen LogP contribution in [0.2, 0.25) is 0 Å². The van der Waals surface area contributed by atoms with Crippen LogP contribution >= 0.6 is 0 Å². The SMILES string of the molecule is CCCCCCCCCCCCCCCCCC/C=C/CC/C=C/C(O)C(CO)NC(=O)C(O)CCCCCCCCCCCCCCCCCCCCCCCC. The van der Waals surface area contributed by atoms with E-state index in [0.29, 0.717) is 6.42 Å². The molecule has 0 aromatic rings. The number of nitrogens with one attached hydrogen (secondary N) is 1. The van der Waals surface area contributed by atoms with E-state index in [4.69, 9.17) is 0 Å². The van der Waals surface area contributed by atoms with E-state index in [1.807, 2.05) is 6.08 Å². The number of hydrogen-bond acceptors (Lipinski definition) is 4. The zero-order chi connectivity index (χ0) is 42.3. The van der Waals surface area contributed by atoms with Crippen molar-refractivity contribution >= 4 is 5.91 Å². The number of carbonyl (C=O) groups excluding carboxylic acids is 1. The lowest BCUT2D eigenvalue weighted by molar-refractivity contribution is -0.131. The molecule has 0 spiro atoms. The van der Waals surface area contributed by atoms with Crippen LogP contribution < -0.4 is 5.32 Å². The smallest absolute Gasteiger partial charge is 0.249 e. The second-order valence-electron chi connectivity index (χ2n) is 18.1. The van der Waals surface area contributed by atoms with Gasteiger partial charge in [0.15, 0.2) is 0 Å². The van der Waals surface area contributed by atoms with E-state index in [0.717, 1.165) is 38.5 Å². The van der Waals surface area contributed by atoms with Gasteiger partial charge in [0.1, 0.15) is 6.10 Å². The Bertz CT molecular complexity index is 859. The highest BCUT2D eigenvalue weighted by atomic mass is 16.3. The summed E-state index contributed by atoms with van der Waals surface area (Å²) in [6, 6.07) is -0.812. The molecule has 3 unspecified atom stereocenters. The molecule has 0 rings (SSSR count). The molecule has 0 aromatic heterocycles. The van der Waals surface area contributed by atoms with Crippen LogP contribution in [0.1, 0.15) is 284 Å². The van der Waals surface area contributed by atoms with Crippen molar-refractivity contribution in [3.05, 3.63) is 24.3 Å². The normalized spacial score (nSPS) is 13.5. The van der Waals surface area contributed by atoms with E-state index < -0.39 is 24.2 Å². The minimum Gasteiger partial charge on any atom is -0.394 e. The van der Waals surface area contributed by atoms with E-state index in [1.165, 1.54) is 225 Å². The van der Waals surface area contributed by atoms with Gasteiger partial charge in [-0.25, -0.2) is 0 Å². The van der Waals surface area contributed by atoms with Crippen LogP contribution in [0.4, 0.5) is 0 Å². The Balaban J connectivity index is 3.62. The Morgan fingerprint density at radius 2 is 0.707 bits per heavy atom. The van der Waals surface area contributed by atoms with Gasteiger partial charge in [-0.2, -0.15) is 0 Å². The first kappa shape index (κ1) is 56.8. The van der Waals surface area contributed by atoms with Crippen molar-refractivity contribution in [1.82, 2.24) is 5.32 Å². The van der Waals surface area contributed by atoms with Gasteiger partial charge in [-0.05, 0) is 32.1 Å². The number of rotatable bonds is 48. The number of carbonyl (C=O) groups is 1. The summed E-state index contributed by atoms with van der Waals surface area (Å²) in [7, 11) is 0. The zero-order valence-corrected chi connectivity index (χ0v) is 39.2. The number of hydrogen-bond donors (Lipinski definition) is 4. The second kappa shape index (κ2) is 48.5. The molecule has 344 valence electrons. The molecule has 0 aliphatic carbocycles. The molecule has 0 bridgehead atoms. The summed E-state index contributed by atoms with van der Waals surface area (Å²) in [6.07, 6.45) is 61.0. The summed E-state index contributed by atoms with van der Waals surface area (Å²) in [4.78, 5) is 12.5. The molecule has 0 saturated heterocycles. The first-order chi connectivity index (χ1) is 28.6. The van der Waals surface area contributed by atoms with Crippen LogP contribution in [0, 0.1) is 0 Å². The van der Waals surface area contributed by atoms with Crippen LogP contribution in [-0.2, 0) is 4.79 Å². The second-order valence-corrected chi connectivity index (χ2v) is 18.1. The number of unbranched alkanes of at least 4 members (excludes halogenated alkanes) is 38. The molecule has 0 aliphatic heterocycles. The Morgan fingerprint density at radius 3 is 1.05 bits per heavy atom. The predicted octanol–water partition coefficient (Wildman–Crippen LogP) is 15.7. The molecule has 3 atom stereocenters. The van der Waals surface area contributed by atoms with Gasteiger partial charge in [0.25, 0.3) is 0 Å². The van der Waals surface area contributed by atoms with Crippen molar-refractivity contribution in [2.24, 2.45) is 0 Å². The maximum Gasteiger partial charge on any atom is 0.249 e. The van der Waals surface area contributed by atoms with Gasteiger partial charge < -0.3 is 20.6 Å². The van der Waals surface area contributed by atoms with E-state index in [2.05, 4.69) is 31.3 Å². The largest absolute Gasteiger partial charge is 0.394 e. The highest BCUT2D eigenvalue weighted by Gasteiger charge is 2.22. The van der Waals surface area contributed by atoms with Crippen LogP contribution in [0.5, 0.6) is 0 Å². The minimum atomic E-state index is -1.10. The van der Waals surface area contributed by atoms with Crippen molar-refractivity contribution in [1.29, 1.82) is 0 Å². The molecule has 5 nitrogen and oxygen atoms in total. The number of amides is 1. The monoisotopic (exact) mass is 818 g/mol. The van der Waals surface area contributed by atoms with Gasteiger partial charge in [0.2, 0.25) is 5.91 Å². The van der Waals surface area contributed by atoms with Crippen LogP contribution in [0.3, 0.4) is 0 Å². The lowest BCUT2D eigenvalue weighted by Crippen LogP contribution is -2.48. The van der Waals surface area contributed by atoms with Gasteiger partial charge in [0, 0.05) is 0 Å². The average Bonchev–Trinajstić information content (AvgIpc) is 3.23. The summed E-state index contributed by atoms with van der Waals surface area (Å²) in [5.41, 5.74) is 0. The minimum absolute atomic E-state index is 0.372. The van der Waals surface area contributed by atoms with Gasteiger partial charge >= 0.3 is 0 Å². The van der Waals surface area contributed by atoms with Crippen molar-refractivity contribution in [3.63, 3.8) is 0 Å². The van der Waals surface area contributed by atoms with Gasteiger partial charge in [-0.15, -0.1) is 0 Å². The molecule has 0 radical (unpaired) electrons. The van der Waals surface area contributed by atoms with Gasteiger partial charge in [0.05, 0.1) is 18.8 Å². The van der Waals surface area contributed by atoms with Crippen molar-refractivity contribution < 1.29 is 20.1 Å². The number of allylic oxidation sites excluding steroid dienone is 3. The first-order valence-electron chi connectivity index (χ1n) is 26.2. The number of aliphatic hydroxyl groups excluding tert-OH is 3. The Labute approximate surface area is 362 Å². The van der Waals surface area contributed by atoms with Gasteiger partial charge in [-0.1, -0.05) is 276 Å². The average molecular weight is 818 g/mol. The molecule has 4 N–H and O–H groups in total. The van der Waals surface area contributed by atoms with Crippen molar-refractivity contribution in [2.45, 2.75) is 302 Å². The molecule has 0 aromatic carbocycles. The van der Waals surface area contributed by atoms with Crippen LogP contribution in [0.15, 0.2) is 24.3 Å². The summed E-state index contributed by atoms with van der Waals surface area (Å²) in [6.45, 7) is 4.20. The van der Waals surface area contributed by atoms with Gasteiger partial charge in [-0.3, -0.25) is 4.79 Å². The highest BCUT2D eigenvalue weighted by Crippen LogP contribution is 2.17. The van der Waals surface area contributed by atoms with Crippen molar-refractivity contribution in [2.75, 3.05) is 6.61 Å². The summed E-state index contributed by atoms with van der Waals surface area (Å²) in [5.74, 6) is -0.507. The fourth-order valence-corrected chi connectivity index (χ4v) is 8.20. The van der Waals surface area contributed by atoms with E-state index >= 15 is 0 Å². The quantitative estimate of drug-likeness (QED) is 0.0364. The predicted molar refractivity (Wildman–Crippen MR) is 255 cm³/mol. The molecular formula is C53H103NO4. The third-order valence-electron chi connectivity index (χ3n) is 12.3. The molecule has 5 heteroatoms. The molecule has 58 heavy (non-hydrogen) atoms. The summed E-state index contributed by atoms with van der Waals surface area (Å²) < 4.78 is 0. The van der Waals surface area contributed by atoms with E-state index in [-0.39, 0.29) is 6.61 Å². The van der Waals surface area contributed by atoms with Crippen LogP contribution in [0.25, 0.3) is 0 Å². The topological polar surface area (TPSA) is 89.8 Å². The molecule has 0 heterocycles. The third-order valence-corrected chi connectivity index (χ3v) is 12.3. The molecule has 0 saturated carbocycles. The fraction of sp³-hybridized carbons (Fsp3) is 0.906. The first-order valence-corrected chi connectivity index (χ1v) is 26.2. The molecule has 0 aliphatic rings. The van der Waals surface area contributed by atoms with Crippen LogP contribution in [-0.4, -0.2) is 46.1 Å². The lowest BCUT2D eigenvalue weighted by Gasteiger charge is -2.21. The summed E-state index contributed by atoms with van der Waals surface area (Å²) >= 11 is 0. The lowest BCUT2D eigenvalue weighted by atomic mass is 10.0. The number of aliphatic hydroxyl groups is 3. The molecule has 1 amide bonds. The molecular weight excluding hydrogens is 715 g/mol.